The van der Waals surface area contributed by atoms with Gasteiger partial charge in [-0.1, -0.05) is 19.1 Å². The van der Waals surface area contributed by atoms with Gasteiger partial charge in [0.05, 0.1) is 11.3 Å². The molecular weight excluding hydrogens is 416 g/mol. The average Bonchev–Trinajstić information content (AvgIpc) is 3.01. The number of anilines is 2. The van der Waals surface area contributed by atoms with Crippen LogP contribution in [-0.2, 0) is 14.4 Å². The van der Waals surface area contributed by atoms with Gasteiger partial charge in [-0.2, -0.15) is 0 Å². The molecule has 2 heterocycles. The molecule has 1 N–H and O–H groups in total. The molecule has 0 aliphatic carbocycles. The van der Waals surface area contributed by atoms with Gasteiger partial charge in [-0.25, -0.2) is 13.7 Å². The van der Waals surface area contributed by atoms with Gasteiger partial charge < -0.3 is 10.2 Å². The van der Waals surface area contributed by atoms with Crippen molar-refractivity contribution in [3.8, 4) is 0 Å². The van der Waals surface area contributed by atoms with Gasteiger partial charge in [0.15, 0.2) is 11.6 Å². The zero-order valence-corrected chi connectivity index (χ0v) is 17.8. The van der Waals surface area contributed by atoms with Crippen molar-refractivity contribution < 1.29 is 23.2 Å². The third-order valence-corrected chi connectivity index (χ3v) is 5.81. The van der Waals surface area contributed by atoms with E-state index in [1.54, 1.807) is 24.3 Å². The number of carbonyl (C=O) groups is 3. The maximum Gasteiger partial charge on any atom is 0.282 e. The highest BCUT2D eigenvalue weighted by atomic mass is 19.2. The molecule has 0 radical (unpaired) electrons. The molecule has 166 valence electrons. The molecule has 0 bridgehead atoms. The Morgan fingerprint density at radius 1 is 0.969 bits per heavy atom. The molecule has 2 aliphatic rings. The first-order valence-corrected chi connectivity index (χ1v) is 10.5. The Labute approximate surface area is 184 Å². The molecule has 0 saturated carbocycles. The van der Waals surface area contributed by atoms with E-state index in [1.165, 1.54) is 13.0 Å². The lowest BCUT2D eigenvalue weighted by atomic mass is 9.97. The Hall–Kier alpha value is -3.55. The first kappa shape index (κ1) is 21.7. The van der Waals surface area contributed by atoms with E-state index in [1.807, 2.05) is 4.90 Å². The molecular formula is C24H23F2N3O3. The molecule has 2 aromatic carbocycles. The third-order valence-electron chi connectivity index (χ3n) is 5.81. The van der Waals surface area contributed by atoms with Crippen molar-refractivity contribution in [3.05, 3.63) is 65.4 Å². The maximum absolute atomic E-state index is 13.9. The van der Waals surface area contributed by atoms with E-state index in [4.69, 9.17) is 0 Å². The number of piperidine rings is 1. The second kappa shape index (κ2) is 8.53. The lowest BCUT2D eigenvalue weighted by molar-refractivity contribution is -0.121. The molecule has 32 heavy (non-hydrogen) atoms. The number of hydrogen-bond acceptors (Lipinski definition) is 4. The highest BCUT2D eigenvalue weighted by Gasteiger charge is 2.43. The number of halogens is 2. The predicted molar refractivity (Wildman–Crippen MR) is 116 cm³/mol. The minimum Gasteiger partial charge on any atom is -0.366 e. The molecule has 0 atom stereocenters. The fraction of sp³-hybridized carbons (Fsp3) is 0.292. The van der Waals surface area contributed by atoms with Gasteiger partial charge in [-0.3, -0.25) is 14.4 Å². The van der Waals surface area contributed by atoms with E-state index >= 15 is 0 Å². The maximum atomic E-state index is 13.9. The Kier molecular flexibility index (Phi) is 5.78. The molecule has 8 heteroatoms. The molecule has 2 aromatic rings. The van der Waals surface area contributed by atoms with Crippen LogP contribution in [-0.4, -0.2) is 35.7 Å². The van der Waals surface area contributed by atoms with Crippen LogP contribution in [0.4, 0.5) is 20.2 Å². The predicted octanol–water partition coefficient (Wildman–Crippen LogP) is 3.94. The SMILES string of the molecule is CC(=O)Nc1ccc(C2=C(N3CCC(C)CC3)C(=O)N(c3ccc(F)c(F)c3)C2=O)cc1. The van der Waals surface area contributed by atoms with Gasteiger partial charge in [0.1, 0.15) is 5.70 Å². The van der Waals surface area contributed by atoms with E-state index in [2.05, 4.69) is 12.2 Å². The van der Waals surface area contributed by atoms with E-state index in [-0.39, 0.29) is 22.9 Å². The van der Waals surface area contributed by atoms with E-state index < -0.39 is 23.4 Å². The van der Waals surface area contributed by atoms with Crippen molar-refractivity contribution in [2.45, 2.75) is 26.7 Å². The molecule has 0 aromatic heterocycles. The number of imide groups is 1. The van der Waals surface area contributed by atoms with Crippen LogP contribution < -0.4 is 10.2 Å². The number of carbonyl (C=O) groups excluding carboxylic acids is 3. The largest absolute Gasteiger partial charge is 0.366 e. The van der Waals surface area contributed by atoms with Crippen LogP contribution in [0, 0.1) is 17.6 Å². The lowest BCUT2D eigenvalue weighted by Gasteiger charge is -2.32. The Morgan fingerprint density at radius 3 is 2.22 bits per heavy atom. The lowest BCUT2D eigenvalue weighted by Crippen LogP contribution is -2.38. The molecule has 1 fully saturated rings. The molecule has 1 saturated heterocycles. The number of nitrogens with zero attached hydrogens (tertiary/aromatic N) is 2. The van der Waals surface area contributed by atoms with Crippen LogP contribution in [0.15, 0.2) is 48.2 Å². The van der Waals surface area contributed by atoms with Crippen molar-refractivity contribution in [3.63, 3.8) is 0 Å². The summed E-state index contributed by atoms with van der Waals surface area (Å²) in [4.78, 5) is 40.9. The number of benzene rings is 2. The second-order valence-electron chi connectivity index (χ2n) is 8.20. The number of likely N-dealkylation sites (tertiary alicyclic amines) is 1. The first-order valence-electron chi connectivity index (χ1n) is 10.5. The Balaban J connectivity index is 1.77. The van der Waals surface area contributed by atoms with Crippen LogP contribution in [0.1, 0.15) is 32.3 Å². The minimum absolute atomic E-state index is 0.0216. The van der Waals surface area contributed by atoms with E-state index in [0.717, 1.165) is 29.9 Å². The summed E-state index contributed by atoms with van der Waals surface area (Å²) in [6, 6.07) is 9.58. The quantitative estimate of drug-likeness (QED) is 0.733. The van der Waals surface area contributed by atoms with Gasteiger partial charge in [-0.05, 0) is 48.6 Å². The summed E-state index contributed by atoms with van der Waals surface area (Å²) < 4.78 is 27.3. The highest BCUT2D eigenvalue weighted by Crippen LogP contribution is 2.37. The zero-order chi connectivity index (χ0) is 23.0. The summed E-state index contributed by atoms with van der Waals surface area (Å²) >= 11 is 0. The number of amides is 3. The summed E-state index contributed by atoms with van der Waals surface area (Å²) in [7, 11) is 0. The van der Waals surface area contributed by atoms with Crippen molar-refractivity contribution in [2.75, 3.05) is 23.3 Å². The smallest absolute Gasteiger partial charge is 0.282 e. The van der Waals surface area contributed by atoms with Crippen molar-refractivity contribution in [1.82, 2.24) is 4.90 Å². The minimum atomic E-state index is -1.13. The van der Waals surface area contributed by atoms with Crippen molar-refractivity contribution in [1.29, 1.82) is 0 Å². The number of hydrogen-bond donors (Lipinski definition) is 1. The van der Waals surface area contributed by atoms with Crippen molar-refractivity contribution >= 4 is 34.7 Å². The molecule has 3 amide bonds. The fourth-order valence-electron chi connectivity index (χ4n) is 4.09. The summed E-state index contributed by atoms with van der Waals surface area (Å²) in [5.74, 6) is -3.05. The number of nitrogens with one attached hydrogen (secondary N) is 1. The summed E-state index contributed by atoms with van der Waals surface area (Å²) in [5.41, 5.74) is 1.52. The van der Waals surface area contributed by atoms with E-state index in [0.29, 0.717) is 30.3 Å². The summed E-state index contributed by atoms with van der Waals surface area (Å²) in [6.45, 7) is 4.77. The van der Waals surface area contributed by atoms with Gasteiger partial charge >= 0.3 is 0 Å². The molecule has 0 unspecified atom stereocenters. The third kappa shape index (κ3) is 4.00. The first-order chi connectivity index (χ1) is 15.3. The topological polar surface area (TPSA) is 69.7 Å². The summed E-state index contributed by atoms with van der Waals surface area (Å²) in [5, 5.41) is 2.66. The fourth-order valence-corrected chi connectivity index (χ4v) is 4.09. The number of rotatable bonds is 4. The second-order valence-corrected chi connectivity index (χ2v) is 8.20. The monoisotopic (exact) mass is 439 g/mol. The van der Waals surface area contributed by atoms with Crippen LogP contribution in [0.2, 0.25) is 0 Å². The van der Waals surface area contributed by atoms with Crippen molar-refractivity contribution in [2.24, 2.45) is 5.92 Å². The molecule has 0 spiro atoms. The highest BCUT2D eigenvalue weighted by molar-refractivity contribution is 6.45. The zero-order valence-electron chi connectivity index (χ0n) is 17.8. The molecule has 4 rings (SSSR count). The molecule has 2 aliphatic heterocycles. The van der Waals surface area contributed by atoms with Gasteiger partial charge in [0.25, 0.3) is 11.8 Å². The summed E-state index contributed by atoms with van der Waals surface area (Å²) in [6.07, 6.45) is 1.76. The Morgan fingerprint density at radius 2 is 1.62 bits per heavy atom. The van der Waals surface area contributed by atoms with Gasteiger partial charge in [-0.15, -0.1) is 0 Å². The van der Waals surface area contributed by atoms with Crippen LogP contribution in [0.25, 0.3) is 5.57 Å². The van der Waals surface area contributed by atoms with E-state index in [9.17, 15) is 23.2 Å². The average molecular weight is 439 g/mol. The van der Waals surface area contributed by atoms with Gasteiger partial charge in [0, 0.05) is 31.8 Å². The van der Waals surface area contributed by atoms with Crippen LogP contribution in [0.5, 0.6) is 0 Å². The standard InChI is InChI=1S/C24H23F2N3O3/c1-14-9-11-28(12-10-14)22-21(16-3-5-17(6-4-16)27-15(2)30)23(31)29(24(22)32)18-7-8-19(25)20(26)13-18/h3-8,13-14H,9-12H2,1-2H3,(H,27,30). The van der Waals surface area contributed by atoms with Crippen LogP contribution in [0.3, 0.4) is 0 Å². The van der Waals surface area contributed by atoms with Gasteiger partial charge in [0.2, 0.25) is 5.91 Å². The molecule has 6 nitrogen and oxygen atoms in total. The normalized spacial score (nSPS) is 17.4. The van der Waals surface area contributed by atoms with Crippen LogP contribution >= 0.6 is 0 Å². The Bertz CT molecular complexity index is 1120.